The second-order valence-corrected chi connectivity index (χ2v) is 9.70. The Kier molecular flexibility index (Phi) is 6.44. The van der Waals surface area contributed by atoms with E-state index in [0.717, 1.165) is 34.9 Å². The smallest absolute Gasteiger partial charge is 0.369 e. The second-order valence-electron chi connectivity index (χ2n) is 9.70. The summed E-state index contributed by atoms with van der Waals surface area (Å²) in [6, 6.07) is 18.2. The quantitative estimate of drug-likeness (QED) is 0.359. The molecule has 0 bridgehead atoms. The van der Waals surface area contributed by atoms with Crippen LogP contribution in [-0.2, 0) is 12.0 Å². The van der Waals surface area contributed by atoms with Crippen LogP contribution in [0.15, 0.2) is 90.5 Å². The van der Waals surface area contributed by atoms with Gasteiger partial charge in [-0.15, -0.1) is 0 Å². The molecule has 1 saturated heterocycles. The van der Waals surface area contributed by atoms with Gasteiger partial charge in [-0.05, 0) is 46.2 Å². The maximum atomic E-state index is 13.4. The minimum atomic E-state index is -5.91. The predicted octanol–water partition coefficient (Wildman–Crippen LogP) is 6.95. The van der Waals surface area contributed by atoms with Gasteiger partial charge < -0.3 is 10.4 Å². The zero-order chi connectivity index (χ0) is 26.4. The maximum absolute atomic E-state index is 13.4. The lowest BCUT2D eigenvalue weighted by molar-refractivity contribution is -0.376. The van der Waals surface area contributed by atoms with Gasteiger partial charge in [0.2, 0.25) is 0 Å². The summed E-state index contributed by atoms with van der Waals surface area (Å²) in [5, 5.41) is 15.5. The number of halogens is 6. The van der Waals surface area contributed by atoms with Crippen LogP contribution in [0.5, 0.6) is 0 Å². The van der Waals surface area contributed by atoms with Gasteiger partial charge in [-0.25, -0.2) is 0 Å². The van der Waals surface area contributed by atoms with E-state index in [-0.39, 0.29) is 17.9 Å². The van der Waals surface area contributed by atoms with Crippen molar-refractivity contribution in [3.05, 3.63) is 107 Å². The molecule has 2 N–H and O–H groups in total. The van der Waals surface area contributed by atoms with E-state index in [1.54, 1.807) is 0 Å². The van der Waals surface area contributed by atoms with Gasteiger partial charge in [0.15, 0.2) is 0 Å². The molecule has 1 aliphatic carbocycles. The molecule has 3 aromatic rings. The third-order valence-corrected chi connectivity index (χ3v) is 7.61. The van der Waals surface area contributed by atoms with Crippen molar-refractivity contribution in [2.75, 3.05) is 6.54 Å². The monoisotopic (exact) mass is 517 g/mol. The van der Waals surface area contributed by atoms with Crippen molar-refractivity contribution < 1.29 is 31.4 Å². The number of benzene rings is 3. The molecule has 8 heteroatoms. The van der Waals surface area contributed by atoms with Crippen molar-refractivity contribution in [1.29, 1.82) is 0 Å². The molecule has 1 unspecified atom stereocenters. The SMILES string of the molecule is OC(c1ccc([C@@H]2CNC(C3=CC=CC3)[C@H]2Cc2cccc3ccccc23)cc1)(C(F)(F)F)C(F)(F)F. The number of hydrogen-bond acceptors (Lipinski definition) is 2. The van der Waals surface area contributed by atoms with Crippen molar-refractivity contribution in [3.63, 3.8) is 0 Å². The van der Waals surface area contributed by atoms with Gasteiger partial charge in [-0.1, -0.05) is 85.0 Å². The lowest BCUT2D eigenvalue weighted by atomic mass is 9.77. The number of alkyl halides is 6. The van der Waals surface area contributed by atoms with Crippen molar-refractivity contribution in [3.8, 4) is 0 Å². The van der Waals surface area contributed by atoms with Crippen molar-refractivity contribution >= 4 is 10.8 Å². The van der Waals surface area contributed by atoms with E-state index in [1.807, 2.05) is 36.4 Å². The minimum absolute atomic E-state index is 0.0147. The lowest BCUT2D eigenvalue weighted by Gasteiger charge is -2.33. The molecule has 2 nitrogen and oxygen atoms in total. The highest BCUT2D eigenvalue weighted by Gasteiger charge is 2.71. The summed E-state index contributed by atoms with van der Waals surface area (Å²) in [5.41, 5.74) is -3.21. The Hall–Kier alpha value is -3.10. The number of allylic oxidation sites excluding steroid dienone is 3. The topological polar surface area (TPSA) is 32.3 Å². The first-order valence-corrected chi connectivity index (χ1v) is 12.0. The van der Waals surface area contributed by atoms with E-state index in [9.17, 15) is 31.4 Å². The van der Waals surface area contributed by atoms with Gasteiger partial charge in [0, 0.05) is 24.1 Å². The molecule has 1 fully saturated rings. The first kappa shape index (κ1) is 25.5. The fraction of sp³-hybridized carbons (Fsp3) is 0.310. The number of hydrogen-bond donors (Lipinski definition) is 2. The highest BCUT2D eigenvalue weighted by Crippen LogP contribution is 2.50. The summed E-state index contributed by atoms with van der Waals surface area (Å²) in [6.07, 6.45) is -4.24. The van der Waals surface area contributed by atoms with Gasteiger partial charge in [0.25, 0.3) is 5.60 Å². The molecular formula is C29H25F6NO. The van der Waals surface area contributed by atoms with Gasteiger partial charge in [0.1, 0.15) is 0 Å². The van der Waals surface area contributed by atoms with Crippen molar-refractivity contribution in [2.24, 2.45) is 5.92 Å². The van der Waals surface area contributed by atoms with Crippen LogP contribution in [-0.4, -0.2) is 30.0 Å². The molecule has 1 aliphatic heterocycles. The fourth-order valence-corrected chi connectivity index (χ4v) is 5.70. The molecule has 1 heterocycles. The normalized spacial score (nSPS) is 22.6. The molecule has 0 spiro atoms. The van der Waals surface area contributed by atoms with Crippen LogP contribution in [0.2, 0.25) is 0 Å². The fourth-order valence-electron chi connectivity index (χ4n) is 5.70. The van der Waals surface area contributed by atoms with E-state index in [0.29, 0.717) is 18.5 Å². The van der Waals surface area contributed by atoms with Crippen molar-refractivity contribution in [1.82, 2.24) is 5.32 Å². The Bertz CT molecular complexity index is 1320. The first-order valence-electron chi connectivity index (χ1n) is 12.0. The number of nitrogens with one attached hydrogen (secondary N) is 1. The van der Waals surface area contributed by atoms with Crippen molar-refractivity contribution in [2.45, 2.75) is 42.8 Å². The second kappa shape index (κ2) is 9.33. The van der Waals surface area contributed by atoms with E-state index in [1.165, 1.54) is 17.7 Å². The summed E-state index contributed by atoms with van der Waals surface area (Å²) in [4.78, 5) is 0. The van der Waals surface area contributed by atoms with Crippen LogP contribution >= 0.6 is 0 Å². The third kappa shape index (κ3) is 4.46. The van der Waals surface area contributed by atoms with E-state index >= 15 is 0 Å². The first-order chi connectivity index (χ1) is 17.5. The van der Waals surface area contributed by atoms with Crippen LogP contribution < -0.4 is 5.32 Å². The van der Waals surface area contributed by atoms with Crippen LogP contribution in [0.4, 0.5) is 26.3 Å². The van der Waals surface area contributed by atoms with Gasteiger partial charge in [-0.3, -0.25) is 0 Å². The Morgan fingerprint density at radius 2 is 1.51 bits per heavy atom. The molecule has 0 radical (unpaired) electrons. The molecule has 2 aliphatic rings. The molecule has 37 heavy (non-hydrogen) atoms. The summed E-state index contributed by atoms with van der Waals surface area (Å²) >= 11 is 0. The number of fused-ring (bicyclic) bond motifs is 1. The Morgan fingerprint density at radius 1 is 0.838 bits per heavy atom. The Morgan fingerprint density at radius 3 is 2.16 bits per heavy atom. The zero-order valence-electron chi connectivity index (χ0n) is 19.7. The maximum Gasteiger partial charge on any atom is 0.430 e. The summed E-state index contributed by atoms with van der Waals surface area (Å²) in [6.45, 7) is 0.527. The zero-order valence-corrected chi connectivity index (χ0v) is 19.7. The average molecular weight is 518 g/mol. The van der Waals surface area contributed by atoms with Crippen LogP contribution in [0, 0.1) is 5.92 Å². The highest BCUT2D eigenvalue weighted by molar-refractivity contribution is 5.85. The molecule has 3 aromatic carbocycles. The standard InChI is InChI=1S/C29H25F6NO/c30-28(31,32)27(37,29(33,34)35)22-14-12-19(13-15-22)25-17-36-26(20-7-1-2-8-20)24(25)16-21-10-5-9-18-6-3-4-11-23(18)21/h1-7,9-15,24-26,36-37H,8,16-17H2/t24-,25-,26?/m0/s1. The largest absolute Gasteiger partial charge is 0.430 e. The predicted molar refractivity (Wildman–Crippen MR) is 130 cm³/mol. The Labute approximate surface area is 210 Å². The molecule has 0 aromatic heterocycles. The third-order valence-electron chi connectivity index (χ3n) is 7.61. The van der Waals surface area contributed by atoms with Crippen LogP contribution in [0.25, 0.3) is 10.8 Å². The summed E-state index contributed by atoms with van der Waals surface area (Å²) in [7, 11) is 0. The van der Waals surface area contributed by atoms with Gasteiger partial charge in [-0.2, -0.15) is 26.3 Å². The molecular weight excluding hydrogens is 492 g/mol. The minimum Gasteiger partial charge on any atom is -0.369 e. The van der Waals surface area contributed by atoms with Crippen LogP contribution in [0.3, 0.4) is 0 Å². The molecule has 3 atom stereocenters. The van der Waals surface area contributed by atoms with Crippen LogP contribution in [0.1, 0.15) is 29.0 Å². The van der Waals surface area contributed by atoms with E-state index in [2.05, 4.69) is 29.6 Å². The van der Waals surface area contributed by atoms with E-state index < -0.39 is 23.5 Å². The molecule has 0 amide bonds. The number of aliphatic hydroxyl groups is 1. The highest BCUT2D eigenvalue weighted by atomic mass is 19.4. The number of rotatable bonds is 5. The molecule has 0 saturated carbocycles. The molecule has 5 rings (SSSR count). The molecule has 194 valence electrons. The van der Waals surface area contributed by atoms with Gasteiger partial charge in [0.05, 0.1) is 0 Å². The van der Waals surface area contributed by atoms with E-state index in [4.69, 9.17) is 0 Å². The van der Waals surface area contributed by atoms with Gasteiger partial charge >= 0.3 is 12.4 Å². The average Bonchev–Trinajstić information content (AvgIpc) is 3.53. The Balaban J connectivity index is 1.50. The summed E-state index contributed by atoms with van der Waals surface area (Å²) in [5.74, 6) is -0.128. The lowest BCUT2D eigenvalue weighted by Crippen LogP contribution is -2.53. The summed E-state index contributed by atoms with van der Waals surface area (Å²) < 4.78 is 80.1.